The van der Waals surface area contributed by atoms with Gasteiger partial charge in [0, 0.05) is 12.0 Å². The minimum absolute atomic E-state index is 0.296. The molecule has 0 saturated heterocycles. The number of hydrogen-bond acceptors (Lipinski definition) is 2. The highest BCUT2D eigenvalue weighted by Crippen LogP contribution is 2.36. The van der Waals surface area contributed by atoms with E-state index in [1.54, 1.807) is 20.1 Å². The number of aliphatic hydroxyl groups is 1. The van der Waals surface area contributed by atoms with Gasteiger partial charge in [-0.2, -0.15) is 0 Å². The lowest BCUT2D eigenvalue weighted by molar-refractivity contribution is 0.0548. The van der Waals surface area contributed by atoms with Crippen molar-refractivity contribution in [1.29, 1.82) is 0 Å². The summed E-state index contributed by atoms with van der Waals surface area (Å²) in [6.07, 6.45) is 0.323. The van der Waals surface area contributed by atoms with Crippen LogP contribution in [0.1, 0.15) is 29.2 Å². The number of methoxy groups -OCH3 is 1. The lowest BCUT2D eigenvalue weighted by Crippen LogP contribution is -2.25. The number of rotatable bonds is 4. The number of halogens is 1. The highest BCUT2D eigenvalue weighted by atomic mass is 19.1. The molecule has 2 aromatic carbocycles. The Kier molecular flexibility index (Phi) is 4.33. The Bertz CT molecular complexity index is 648. The van der Waals surface area contributed by atoms with Crippen molar-refractivity contribution in [3.8, 4) is 5.75 Å². The van der Waals surface area contributed by atoms with Crippen molar-refractivity contribution in [3.63, 3.8) is 0 Å². The van der Waals surface area contributed by atoms with Gasteiger partial charge in [-0.05, 0) is 49.6 Å². The van der Waals surface area contributed by atoms with Crippen molar-refractivity contribution in [2.45, 2.75) is 32.8 Å². The van der Waals surface area contributed by atoms with Gasteiger partial charge in [-0.3, -0.25) is 0 Å². The normalized spacial score (nSPS) is 13.8. The van der Waals surface area contributed by atoms with Crippen LogP contribution < -0.4 is 4.74 Å². The fourth-order valence-electron chi connectivity index (χ4n) is 2.62. The molecule has 2 nitrogen and oxygen atoms in total. The van der Waals surface area contributed by atoms with Crippen molar-refractivity contribution >= 4 is 0 Å². The Hall–Kier alpha value is -1.87. The molecule has 0 radical (unpaired) electrons. The minimum Gasteiger partial charge on any atom is -0.496 e. The van der Waals surface area contributed by atoms with Gasteiger partial charge < -0.3 is 9.84 Å². The number of benzene rings is 2. The molecule has 0 aromatic heterocycles. The first-order valence-electron chi connectivity index (χ1n) is 6.96. The predicted octanol–water partition coefficient (Wildman–Crippen LogP) is 3.90. The van der Waals surface area contributed by atoms with Crippen molar-refractivity contribution < 1.29 is 14.2 Å². The molecule has 2 aromatic rings. The van der Waals surface area contributed by atoms with Crippen LogP contribution in [0.4, 0.5) is 4.39 Å². The summed E-state index contributed by atoms with van der Waals surface area (Å²) in [5, 5.41) is 10.9. The fraction of sp³-hybridized carbons (Fsp3) is 0.333. The van der Waals surface area contributed by atoms with E-state index < -0.39 is 5.60 Å². The third-order valence-corrected chi connectivity index (χ3v) is 3.90. The summed E-state index contributed by atoms with van der Waals surface area (Å²) in [7, 11) is 1.60. The van der Waals surface area contributed by atoms with Gasteiger partial charge in [0.05, 0.1) is 12.7 Å². The van der Waals surface area contributed by atoms with Gasteiger partial charge in [-0.1, -0.05) is 24.3 Å². The molecule has 21 heavy (non-hydrogen) atoms. The molecule has 1 atom stereocenters. The molecule has 1 N–H and O–H groups in total. The number of hydrogen-bond donors (Lipinski definition) is 1. The quantitative estimate of drug-likeness (QED) is 0.924. The molecule has 0 bridgehead atoms. The molecule has 0 aliphatic carbocycles. The van der Waals surface area contributed by atoms with Crippen LogP contribution in [0.3, 0.4) is 0 Å². The van der Waals surface area contributed by atoms with Crippen LogP contribution in [-0.2, 0) is 12.0 Å². The molecule has 0 spiro atoms. The van der Waals surface area contributed by atoms with E-state index in [1.807, 2.05) is 32.0 Å². The zero-order chi connectivity index (χ0) is 15.6. The average molecular weight is 288 g/mol. The molecule has 0 heterocycles. The first-order valence-corrected chi connectivity index (χ1v) is 6.96. The van der Waals surface area contributed by atoms with E-state index >= 15 is 0 Å². The summed E-state index contributed by atoms with van der Waals surface area (Å²) in [5.41, 5.74) is 2.46. The molecular formula is C18H21FO2. The van der Waals surface area contributed by atoms with E-state index in [2.05, 4.69) is 0 Å². The highest BCUT2D eigenvalue weighted by Gasteiger charge is 2.28. The van der Waals surface area contributed by atoms with Gasteiger partial charge in [0.15, 0.2) is 0 Å². The third-order valence-electron chi connectivity index (χ3n) is 3.90. The molecular weight excluding hydrogens is 267 g/mol. The minimum atomic E-state index is -1.13. The second-order valence-corrected chi connectivity index (χ2v) is 5.67. The van der Waals surface area contributed by atoms with E-state index in [1.165, 1.54) is 12.1 Å². The van der Waals surface area contributed by atoms with Crippen LogP contribution in [0, 0.1) is 19.7 Å². The number of aryl methyl sites for hydroxylation is 1. The lowest BCUT2D eigenvalue weighted by atomic mass is 9.86. The molecule has 1 unspecified atom stereocenters. The van der Waals surface area contributed by atoms with E-state index in [0.29, 0.717) is 12.2 Å². The van der Waals surface area contributed by atoms with Crippen LogP contribution in [0.5, 0.6) is 5.75 Å². The van der Waals surface area contributed by atoms with Crippen LogP contribution in [0.15, 0.2) is 36.4 Å². The van der Waals surface area contributed by atoms with Gasteiger partial charge in [-0.25, -0.2) is 4.39 Å². The maximum Gasteiger partial charge on any atom is 0.128 e. The summed E-state index contributed by atoms with van der Waals surface area (Å²) >= 11 is 0. The van der Waals surface area contributed by atoms with Crippen LogP contribution in [-0.4, -0.2) is 12.2 Å². The number of ether oxygens (including phenoxy) is 1. The van der Waals surface area contributed by atoms with E-state index in [9.17, 15) is 9.50 Å². The summed E-state index contributed by atoms with van der Waals surface area (Å²) in [6.45, 7) is 5.70. The Morgan fingerprint density at radius 1 is 1.19 bits per heavy atom. The van der Waals surface area contributed by atoms with Gasteiger partial charge in [0.1, 0.15) is 11.6 Å². The largest absolute Gasteiger partial charge is 0.496 e. The van der Waals surface area contributed by atoms with E-state index in [4.69, 9.17) is 4.74 Å². The molecule has 2 rings (SSSR count). The van der Waals surface area contributed by atoms with Crippen molar-refractivity contribution in [2.24, 2.45) is 0 Å². The van der Waals surface area contributed by atoms with Gasteiger partial charge in [0.25, 0.3) is 0 Å². The first-order chi connectivity index (χ1) is 9.85. The molecule has 3 heteroatoms. The summed E-state index contributed by atoms with van der Waals surface area (Å²) in [4.78, 5) is 0. The smallest absolute Gasteiger partial charge is 0.128 e. The van der Waals surface area contributed by atoms with Gasteiger partial charge >= 0.3 is 0 Å². The Balaban J connectivity index is 2.42. The Morgan fingerprint density at radius 2 is 1.90 bits per heavy atom. The van der Waals surface area contributed by atoms with Crippen LogP contribution in [0.2, 0.25) is 0 Å². The molecule has 0 aliphatic rings. The summed E-state index contributed by atoms with van der Waals surface area (Å²) in [5.74, 6) is 0.395. The van der Waals surface area contributed by atoms with Crippen LogP contribution in [0.25, 0.3) is 0 Å². The zero-order valence-corrected chi connectivity index (χ0v) is 12.9. The third kappa shape index (κ3) is 3.24. The Morgan fingerprint density at radius 3 is 2.52 bits per heavy atom. The molecule has 0 fully saturated rings. The predicted molar refractivity (Wildman–Crippen MR) is 82.1 cm³/mol. The fourth-order valence-corrected chi connectivity index (χ4v) is 2.62. The second-order valence-electron chi connectivity index (χ2n) is 5.67. The highest BCUT2D eigenvalue weighted by molar-refractivity contribution is 5.48. The monoisotopic (exact) mass is 288 g/mol. The van der Waals surface area contributed by atoms with Crippen molar-refractivity contribution in [1.82, 2.24) is 0 Å². The zero-order valence-electron chi connectivity index (χ0n) is 12.9. The molecule has 0 aliphatic heterocycles. The molecule has 0 saturated carbocycles. The van der Waals surface area contributed by atoms with Crippen LogP contribution >= 0.6 is 0 Å². The average Bonchev–Trinajstić information content (AvgIpc) is 2.41. The summed E-state index contributed by atoms with van der Waals surface area (Å²) in [6, 6.07) is 10.1. The van der Waals surface area contributed by atoms with Crippen molar-refractivity contribution in [3.05, 3.63) is 64.5 Å². The SMILES string of the molecule is COc1c(C(C)(O)Cc2cccc(F)c2)ccc(C)c1C. The van der Waals surface area contributed by atoms with Gasteiger partial charge in [-0.15, -0.1) is 0 Å². The maximum atomic E-state index is 13.3. The Labute approximate surface area is 125 Å². The molecule has 0 amide bonds. The molecule has 112 valence electrons. The summed E-state index contributed by atoms with van der Waals surface area (Å²) < 4.78 is 18.8. The van der Waals surface area contributed by atoms with E-state index in [-0.39, 0.29) is 5.82 Å². The standard InChI is InChI=1S/C18H21FO2/c1-12-8-9-16(17(21-4)13(12)2)18(3,20)11-14-6-5-7-15(19)10-14/h5-10,20H,11H2,1-4H3. The van der Waals surface area contributed by atoms with E-state index in [0.717, 1.165) is 22.3 Å². The maximum absolute atomic E-state index is 13.3. The second kappa shape index (κ2) is 5.86. The topological polar surface area (TPSA) is 29.5 Å². The van der Waals surface area contributed by atoms with Crippen molar-refractivity contribution in [2.75, 3.05) is 7.11 Å². The first kappa shape index (κ1) is 15.5. The lowest BCUT2D eigenvalue weighted by Gasteiger charge is -2.27. The van der Waals surface area contributed by atoms with Gasteiger partial charge in [0.2, 0.25) is 0 Å².